The number of rotatable bonds is 2. The largest absolute Gasteiger partial charge is 0.460 e. The van der Waals surface area contributed by atoms with Gasteiger partial charge in [-0.25, -0.2) is 0 Å². The Morgan fingerprint density at radius 2 is 2.00 bits per heavy atom. The van der Waals surface area contributed by atoms with E-state index in [2.05, 4.69) is 10.6 Å². The number of amides is 3. The lowest BCUT2D eigenvalue weighted by atomic mass is 9.95. The lowest BCUT2D eigenvalue weighted by Crippen LogP contribution is -2.52. The van der Waals surface area contributed by atoms with Gasteiger partial charge in [-0.2, -0.15) is 0 Å². The molecule has 1 fully saturated rings. The number of aryl methyl sites for hydroxylation is 2. The Kier molecular flexibility index (Phi) is 3.59. The van der Waals surface area contributed by atoms with Crippen LogP contribution in [0.5, 0.6) is 0 Å². The Bertz CT molecular complexity index is 852. The third-order valence-electron chi connectivity index (χ3n) is 4.77. The monoisotopic (exact) mass is 326 g/mol. The minimum Gasteiger partial charge on any atom is -0.460 e. The fourth-order valence-electron chi connectivity index (χ4n) is 3.53. The number of furan rings is 1. The van der Waals surface area contributed by atoms with Crippen LogP contribution in [-0.2, 0) is 22.4 Å². The van der Waals surface area contributed by atoms with Gasteiger partial charge in [0.2, 0.25) is 11.8 Å². The van der Waals surface area contributed by atoms with Gasteiger partial charge in [0.1, 0.15) is 17.4 Å². The van der Waals surface area contributed by atoms with Gasteiger partial charge in [0, 0.05) is 23.8 Å². The first-order valence-corrected chi connectivity index (χ1v) is 8.31. The molecule has 6 nitrogen and oxygen atoms in total. The molecule has 24 heavy (non-hydrogen) atoms. The quantitative estimate of drug-likeness (QED) is 0.824. The smallest absolute Gasteiger partial charge is 0.255 e. The van der Waals surface area contributed by atoms with Crippen molar-refractivity contribution in [2.75, 3.05) is 0 Å². The SMILES string of the molecule is O=C1CCC(NC(=O)c2cccc3c4c(oc23)CCCC4)C(=O)N1. The number of carbonyl (C=O) groups is 3. The van der Waals surface area contributed by atoms with E-state index in [9.17, 15) is 14.4 Å². The predicted molar refractivity (Wildman–Crippen MR) is 86.5 cm³/mol. The summed E-state index contributed by atoms with van der Waals surface area (Å²) in [4.78, 5) is 35.7. The highest BCUT2D eigenvalue weighted by molar-refractivity contribution is 6.08. The van der Waals surface area contributed by atoms with Crippen LogP contribution in [0.15, 0.2) is 22.6 Å². The molecule has 1 saturated heterocycles. The number of hydrogen-bond donors (Lipinski definition) is 2. The van der Waals surface area contributed by atoms with Gasteiger partial charge in [-0.15, -0.1) is 0 Å². The Hall–Kier alpha value is -2.63. The summed E-state index contributed by atoms with van der Waals surface area (Å²) in [6.45, 7) is 0. The lowest BCUT2D eigenvalue weighted by molar-refractivity contribution is -0.134. The molecule has 1 aromatic heterocycles. The predicted octanol–water partition coefficient (Wildman–Crippen LogP) is 1.85. The van der Waals surface area contributed by atoms with Gasteiger partial charge < -0.3 is 9.73 Å². The second kappa shape index (κ2) is 5.78. The molecule has 0 saturated carbocycles. The summed E-state index contributed by atoms with van der Waals surface area (Å²) >= 11 is 0. The molecule has 3 amide bonds. The second-order valence-corrected chi connectivity index (χ2v) is 6.37. The van der Waals surface area contributed by atoms with Gasteiger partial charge in [0.15, 0.2) is 0 Å². The molecule has 6 heteroatoms. The van der Waals surface area contributed by atoms with E-state index in [4.69, 9.17) is 4.42 Å². The Morgan fingerprint density at radius 1 is 1.17 bits per heavy atom. The van der Waals surface area contributed by atoms with Crippen LogP contribution in [0.1, 0.15) is 47.4 Å². The summed E-state index contributed by atoms with van der Waals surface area (Å²) in [5, 5.41) is 5.95. The molecule has 2 aromatic rings. The van der Waals surface area contributed by atoms with Crippen molar-refractivity contribution >= 4 is 28.7 Å². The molecule has 1 aromatic carbocycles. The molecular weight excluding hydrogens is 308 g/mol. The van der Waals surface area contributed by atoms with E-state index in [1.165, 1.54) is 5.56 Å². The van der Waals surface area contributed by atoms with Crippen molar-refractivity contribution in [1.29, 1.82) is 0 Å². The molecule has 2 aliphatic rings. The summed E-state index contributed by atoms with van der Waals surface area (Å²) < 4.78 is 5.96. The standard InChI is InChI=1S/C18H18N2O4/c21-15-9-8-13(18(23)20-15)19-17(22)12-6-3-5-11-10-4-1-2-7-14(10)24-16(11)12/h3,5-6,13H,1-2,4,7-9H2,(H,19,22)(H,20,21,23). The van der Waals surface area contributed by atoms with Crippen molar-refractivity contribution in [3.63, 3.8) is 0 Å². The van der Waals surface area contributed by atoms with Crippen molar-refractivity contribution in [2.24, 2.45) is 0 Å². The highest BCUT2D eigenvalue weighted by atomic mass is 16.3. The summed E-state index contributed by atoms with van der Waals surface area (Å²) in [7, 11) is 0. The van der Waals surface area contributed by atoms with Crippen LogP contribution >= 0.6 is 0 Å². The van der Waals surface area contributed by atoms with Crippen molar-refractivity contribution in [3.05, 3.63) is 35.1 Å². The molecular formula is C18H18N2O4. The number of benzene rings is 1. The van der Waals surface area contributed by atoms with E-state index >= 15 is 0 Å². The lowest BCUT2D eigenvalue weighted by Gasteiger charge is -2.21. The average Bonchev–Trinajstić information content (AvgIpc) is 2.96. The molecule has 0 spiro atoms. The minimum atomic E-state index is -0.685. The fraction of sp³-hybridized carbons (Fsp3) is 0.389. The van der Waals surface area contributed by atoms with Crippen LogP contribution in [0.25, 0.3) is 11.0 Å². The van der Waals surface area contributed by atoms with Crippen LogP contribution in [0.2, 0.25) is 0 Å². The van der Waals surface area contributed by atoms with Gasteiger partial charge in [-0.1, -0.05) is 12.1 Å². The zero-order valence-electron chi connectivity index (χ0n) is 13.2. The van der Waals surface area contributed by atoms with Gasteiger partial charge >= 0.3 is 0 Å². The number of fused-ring (bicyclic) bond motifs is 3. The number of imide groups is 1. The van der Waals surface area contributed by atoms with Crippen LogP contribution in [-0.4, -0.2) is 23.8 Å². The van der Waals surface area contributed by atoms with Crippen LogP contribution in [0, 0.1) is 0 Å². The Labute approximate surface area is 138 Å². The zero-order chi connectivity index (χ0) is 16.7. The molecule has 2 heterocycles. The molecule has 124 valence electrons. The number of carbonyl (C=O) groups excluding carboxylic acids is 3. The molecule has 4 rings (SSSR count). The van der Waals surface area contributed by atoms with Gasteiger partial charge in [-0.3, -0.25) is 19.7 Å². The van der Waals surface area contributed by atoms with Gasteiger partial charge in [-0.05, 0) is 31.7 Å². The highest BCUT2D eigenvalue weighted by Crippen LogP contribution is 2.33. The van der Waals surface area contributed by atoms with Crippen molar-refractivity contribution in [1.82, 2.24) is 10.6 Å². The van der Waals surface area contributed by atoms with Crippen molar-refractivity contribution < 1.29 is 18.8 Å². The van der Waals surface area contributed by atoms with E-state index in [1.807, 2.05) is 12.1 Å². The van der Waals surface area contributed by atoms with Crippen LogP contribution < -0.4 is 10.6 Å². The maximum absolute atomic E-state index is 12.6. The summed E-state index contributed by atoms with van der Waals surface area (Å²) in [5.41, 5.74) is 2.23. The van der Waals surface area contributed by atoms with Crippen LogP contribution in [0.3, 0.4) is 0 Å². The maximum Gasteiger partial charge on any atom is 0.255 e. The number of para-hydroxylation sites is 1. The molecule has 0 radical (unpaired) electrons. The fourth-order valence-corrected chi connectivity index (χ4v) is 3.53. The van der Waals surface area contributed by atoms with Crippen molar-refractivity contribution in [2.45, 2.75) is 44.6 Å². The molecule has 1 aliphatic heterocycles. The van der Waals surface area contributed by atoms with Gasteiger partial charge in [0.25, 0.3) is 5.91 Å². The number of hydrogen-bond acceptors (Lipinski definition) is 4. The van der Waals surface area contributed by atoms with E-state index < -0.39 is 11.9 Å². The molecule has 2 N–H and O–H groups in total. The Balaban J connectivity index is 1.64. The first kappa shape index (κ1) is 14.9. The van der Waals surface area contributed by atoms with E-state index in [1.54, 1.807) is 6.07 Å². The Morgan fingerprint density at radius 3 is 2.83 bits per heavy atom. The molecule has 1 atom stereocenters. The van der Waals surface area contributed by atoms with Crippen molar-refractivity contribution in [3.8, 4) is 0 Å². The first-order valence-electron chi connectivity index (χ1n) is 8.31. The highest BCUT2D eigenvalue weighted by Gasteiger charge is 2.29. The molecule has 0 bridgehead atoms. The normalized spacial score (nSPS) is 20.6. The third-order valence-corrected chi connectivity index (χ3v) is 4.77. The number of piperidine rings is 1. The maximum atomic E-state index is 12.6. The minimum absolute atomic E-state index is 0.232. The van der Waals surface area contributed by atoms with E-state index in [0.717, 1.165) is 36.8 Å². The van der Waals surface area contributed by atoms with Crippen LogP contribution in [0.4, 0.5) is 0 Å². The summed E-state index contributed by atoms with van der Waals surface area (Å²) in [5.74, 6) is -0.129. The topological polar surface area (TPSA) is 88.4 Å². The summed E-state index contributed by atoms with van der Waals surface area (Å²) in [6.07, 6.45) is 4.66. The van der Waals surface area contributed by atoms with E-state index in [-0.39, 0.29) is 18.2 Å². The zero-order valence-corrected chi connectivity index (χ0v) is 13.2. The summed E-state index contributed by atoms with van der Waals surface area (Å²) in [6, 6.07) is 4.84. The third kappa shape index (κ3) is 2.48. The van der Waals surface area contributed by atoms with Gasteiger partial charge in [0.05, 0.1) is 5.56 Å². The second-order valence-electron chi connectivity index (χ2n) is 6.37. The molecule has 1 aliphatic carbocycles. The molecule has 1 unspecified atom stereocenters. The number of nitrogens with one attached hydrogen (secondary N) is 2. The van der Waals surface area contributed by atoms with E-state index in [0.29, 0.717) is 17.6 Å². The first-order chi connectivity index (χ1) is 11.6. The average molecular weight is 326 g/mol.